The Bertz CT molecular complexity index is 280. The molecular formula is C14H27N3. The number of rotatable bonds is 5. The minimum absolute atomic E-state index is 0.212. The van der Waals surface area contributed by atoms with Crippen molar-refractivity contribution in [3.05, 3.63) is 0 Å². The molecule has 0 N–H and O–H groups in total. The van der Waals surface area contributed by atoms with Gasteiger partial charge in [0.25, 0.3) is 0 Å². The van der Waals surface area contributed by atoms with Gasteiger partial charge in [0.15, 0.2) is 5.54 Å². The zero-order valence-corrected chi connectivity index (χ0v) is 12.4. The lowest BCUT2D eigenvalue weighted by atomic mass is 9.84. The summed E-state index contributed by atoms with van der Waals surface area (Å²) in [5.74, 6) is 0.902. The lowest BCUT2D eigenvalue weighted by Crippen LogP contribution is -2.29. The summed E-state index contributed by atoms with van der Waals surface area (Å²) < 4.78 is 0. The van der Waals surface area contributed by atoms with Gasteiger partial charge in [-0.05, 0) is 45.4 Å². The number of nitrogens with zero attached hydrogens (tertiary/aromatic N) is 3. The molecule has 0 heterocycles. The van der Waals surface area contributed by atoms with Crippen LogP contribution in [0.5, 0.6) is 0 Å². The first kappa shape index (κ1) is 16.1. The molecule has 0 atom stereocenters. The molecule has 0 saturated carbocycles. The van der Waals surface area contributed by atoms with Crippen LogP contribution in [-0.2, 0) is 0 Å². The highest BCUT2D eigenvalue weighted by molar-refractivity contribution is 5.07. The van der Waals surface area contributed by atoms with E-state index in [1.165, 1.54) is 0 Å². The molecular weight excluding hydrogens is 210 g/mol. The normalized spacial score (nSPS) is 13.6. The molecule has 0 radical (unpaired) electrons. The molecule has 0 unspecified atom stereocenters. The van der Waals surface area contributed by atoms with Crippen molar-refractivity contribution < 1.29 is 0 Å². The average molecular weight is 237 g/mol. The predicted octanol–water partition coefficient (Wildman–Crippen LogP) is 4.59. The lowest BCUT2D eigenvalue weighted by Gasteiger charge is -2.26. The van der Waals surface area contributed by atoms with Crippen LogP contribution in [0.4, 0.5) is 0 Å². The highest BCUT2D eigenvalue weighted by atomic mass is 15.2. The van der Waals surface area contributed by atoms with Crippen LogP contribution in [0.2, 0.25) is 0 Å². The van der Waals surface area contributed by atoms with Gasteiger partial charge in [-0.1, -0.05) is 27.7 Å². The summed E-state index contributed by atoms with van der Waals surface area (Å²) in [5.41, 5.74) is -0.855. The Morgan fingerprint density at radius 2 is 1.35 bits per heavy atom. The van der Waals surface area contributed by atoms with E-state index in [9.17, 15) is 5.26 Å². The maximum absolute atomic E-state index is 9.47. The quantitative estimate of drug-likeness (QED) is 0.645. The zero-order valence-electron chi connectivity index (χ0n) is 12.4. The van der Waals surface area contributed by atoms with Crippen LogP contribution in [0, 0.1) is 23.2 Å². The molecule has 0 amide bonds. The fraction of sp³-hybridized carbons (Fsp3) is 0.929. The van der Waals surface area contributed by atoms with Crippen LogP contribution in [0.1, 0.15) is 61.3 Å². The van der Waals surface area contributed by atoms with Gasteiger partial charge in [0.2, 0.25) is 0 Å². The fourth-order valence-electron chi connectivity index (χ4n) is 1.88. The first-order valence-electron chi connectivity index (χ1n) is 6.45. The van der Waals surface area contributed by atoms with Crippen molar-refractivity contribution in [1.82, 2.24) is 0 Å². The topological polar surface area (TPSA) is 48.5 Å². The van der Waals surface area contributed by atoms with Gasteiger partial charge in [-0.3, -0.25) is 0 Å². The molecule has 0 aliphatic heterocycles. The molecule has 0 aromatic rings. The standard InChI is InChI=1S/C14H27N3/c1-11(2)8-14(10-15,9-12(3)4)17-16-13(5,6)7/h11-12H,8-9H2,1-7H3. The summed E-state index contributed by atoms with van der Waals surface area (Å²) in [6, 6.07) is 2.39. The summed E-state index contributed by atoms with van der Waals surface area (Å²) in [7, 11) is 0. The second-order valence-electron chi connectivity index (χ2n) is 6.71. The molecule has 3 nitrogen and oxygen atoms in total. The van der Waals surface area contributed by atoms with E-state index in [1.54, 1.807) is 0 Å². The van der Waals surface area contributed by atoms with Gasteiger partial charge in [0, 0.05) is 0 Å². The predicted molar refractivity (Wildman–Crippen MR) is 71.9 cm³/mol. The van der Waals surface area contributed by atoms with Crippen molar-refractivity contribution in [3.63, 3.8) is 0 Å². The fourth-order valence-corrected chi connectivity index (χ4v) is 1.88. The molecule has 98 valence electrons. The number of nitriles is 1. The van der Waals surface area contributed by atoms with Gasteiger partial charge in [-0.15, -0.1) is 0 Å². The molecule has 0 saturated heterocycles. The minimum Gasteiger partial charge on any atom is -0.196 e. The zero-order chi connectivity index (χ0) is 13.7. The van der Waals surface area contributed by atoms with Gasteiger partial charge in [-0.2, -0.15) is 15.5 Å². The third-order valence-electron chi connectivity index (χ3n) is 2.24. The van der Waals surface area contributed by atoms with E-state index in [1.807, 2.05) is 20.8 Å². The van der Waals surface area contributed by atoms with E-state index in [2.05, 4.69) is 44.0 Å². The van der Waals surface area contributed by atoms with Crippen molar-refractivity contribution in [2.24, 2.45) is 22.1 Å². The Balaban J connectivity index is 5.07. The highest BCUT2D eigenvalue weighted by Gasteiger charge is 2.32. The van der Waals surface area contributed by atoms with Crippen LogP contribution in [0.3, 0.4) is 0 Å². The number of azo groups is 1. The molecule has 0 aliphatic carbocycles. The van der Waals surface area contributed by atoms with Crippen LogP contribution >= 0.6 is 0 Å². The smallest absolute Gasteiger partial charge is 0.168 e. The second-order valence-corrected chi connectivity index (χ2v) is 6.71. The summed E-state index contributed by atoms with van der Waals surface area (Å²) in [6.07, 6.45) is 1.56. The van der Waals surface area contributed by atoms with Crippen LogP contribution in [0.15, 0.2) is 10.2 Å². The van der Waals surface area contributed by atoms with Crippen LogP contribution in [-0.4, -0.2) is 11.1 Å². The van der Waals surface area contributed by atoms with Gasteiger partial charge in [-0.25, -0.2) is 0 Å². The summed E-state index contributed by atoms with van der Waals surface area (Å²) in [4.78, 5) is 0. The van der Waals surface area contributed by atoms with Crippen LogP contribution in [0.25, 0.3) is 0 Å². The Labute approximate surface area is 106 Å². The Morgan fingerprint density at radius 1 is 0.941 bits per heavy atom. The SMILES string of the molecule is CC(C)CC(C#N)(CC(C)C)N=NC(C)(C)C. The van der Waals surface area contributed by atoms with Crippen molar-refractivity contribution in [3.8, 4) is 6.07 Å². The second kappa shape index (κ2) is 6.14. The Morgan fingerprint density at radius 3 is 1.59 bits per heavy atom. The van der Waals surface area contributed by atoms with E-state index >= 15 is 0 Å². The average Bonchev–Trinajstić information content (AvgIpc) is 2.11. The third kappa shape index (κ3) is 7.10. The van der Waals surface area contributed by atoms with Crippen LogP contribution < -0.4 is 0 Å². The third-order valence-corrected chi connectivity index (χ3v) is 2.24. The van der Waals surface area contributed by atoms with Gasteiger partial charge < -0.3 is 0 Å². The Hall–Kier alpha value is -0.910. The monoisotopic (exact) mass is 237 g/mol. The highest BCUT2D eigenvalue weighted by Crippen LogP contribution is 2.29. The van der Waals surface area contributed by atoms with Gasteiger partial charge in [0.05, 0.1) is 11.6 Å². The van der Waals surface area contributed by atoms with Gasteiger partial charge in [0.1, 0.15) is 0 Å². The van der Waals surface area contributed by atoms with E-state index in [-0.39, 0.29) is 5.54 Å². The molecule has 0 bridgehead atoms. The summed E-state index contributed by atoms with van der Waals surface area (Å²) >= 11 is 0. The van der Waals surface area contributed by atoms with Crippen molar-refractivity contribution >= 4 is 0 Å². The molecule has 0 aliphatic rings. The minimum atomic E-state index is -0.643. The lowest BCUT2D eigenvalue weighted by molar-refractivity contribution is 0.328. The maximum Gasteiger partial charge on any atom is 0.168 e. The van der Waals surface area contributed by atoms with Crippen molar-refractivity contribution in [2.75, 3.05) is 0 Å². The molecule has 0 spiro atoms. The summed E-state index contributed by atoms with van der Waals surface area (Å²) in [6.45, 7) is 14.5. The maximum atomic E-state index is 9.47. The molecule has 0 rings (SSSR count). The van der Waals surface area contributed by atoms with E-state index < -0.39 is 5.54 Å². The molecule has 17 heavy (non-hydrogen) atoms. The molecule has 0 aromatic carbocycles. The molecule has 0 fully saturated rings. The summed E-state index contributed by atoms with van der Waals surface area (Å²) in [5, 5.41) is 18.2. The van der Waals surface area contributed by atoms with Crippen molar-refractivity contribution in [2.45, 2.75) is 72.4 Å². The Kier molecular flexibility index (Phi) is 5.81. The largest absolute Gasteiger partial charge is 0.196 e. The molecule has 0 aromatic heterocycles. The van der Waals surface area contributed by atoms with E-state index in [4.69, 9.17) is 0 Å². The number of hydrogen-bond donors (Lipinski definition) is 0. The first-order chi connectivity index (χ1) is 7.60. The van der Waals surface area contributed by atoms with E-state index in [0.29, 0.717) is 11.8 Å². The molecule has 3 heteroatoms. The van der Waals surface area contributed by atoms with E-state index in [0.717, 1.165) is 12.8 Å². The first-order valence-corrected chi connectivity index (χ1v) is 6.45. The van der Waals surface area contributed by atoms with Crippen molar-refractivity contribution in [1.29, 1.82) is 5.26 Å². The number of hydrogen-bond acceptors (Lipinski definition) is 3. The van der Waals surface area contributed by atoms with Gasteiger partial charge >= 0.3 is 0 Å².